The molecule has 2 rings (SSSR count). The first kappa shape index (κ1) is 13.6. The second-order valence-corrected chi connectivity index (χ2v) is 5.86. The van der Waals surface area contributed by atoms with E-state index in [9.17, 15) is 0 Å². The summed E-state index contributed by atoms with van der Waals surface area (Å²) in [6.45, 7) is 7.56. The molecule has 0 unspecified atom stereocenters. The van der Waals surface area contributed by atoms with Crippen LogP contribution in [0.25, 0.3) is 0 Å². The zero-order valence-electron chi connectivity index (χ0n) is 11.7. The van der Waals surface area contributed by atoms with Gasteiger partial charge in [0, 0.05) is 19.1 Å². The lowest BCUT2D eigenvalue weighted by molar-refractivity contribution is 0.239. The van der Waals surface area contributed by atoms with Crippen LogP contribution < -0.4 is 5.73 Å². The fourth-order valence-corrected chi connectivity index (χ4v) is 2.38. The van der Waals surface area contributed by atoms with Gasteiger partial charge in [0.25, 0.3) is 0 Å². The lowest BCUT2D eigenvalue weighted by atomic mass is 10.1. The van der Waals surface area contributed by atoms with Crippen molar-refractivity contribution in [3.05, 3.63) is 35.4 Å². The third-order valence-corrected chi connectivity index (χ3v) is 3.77. The fourth-order valence-electron chi connectivity index (χ4n) is 2.38. The second-order valence-electron chi connectivity index (χ2n) is 5.86. The summed E-state index contributed by atoms with van der Waals surface area (Å²) in [6.07, 6.45) is 4.05. The third-order valence-electron chi connectivity index (χ3n) is 3.77. The minimum atomic E-state index is 0.652. The van der Waals surface area contributed by atoms with Crippen LogP contribution in [0.2, 0.25) is 0 Å². The molecule has 0 amide bonds. The van der Waals surface area contributed by atoms with E-state index in [2.05, 4.69) is 43.0 Å². The van der Waals surface area contributed by atoms with Crippen molar-refractivity contribution in [1.29, 1.82) is 0 Å². The first-order valence-electron chi connectivity index (χ1n) is 7.21. The van der Waals surface area contributed by atoms with Crippen molar-refractivity contribution in [2.45, 2.75) is 52.2 Å². The van der Waals surface area contributed by atoms with Gasteiger partial charge in [-0.25, -0.2) is 0 Å². The Morgan fingerprint density at radius 3 is 2.44 bits per heavy atom. The van der Waals surface area contributed by atoms with E-state index in [-0.39, 0.29) is 0 Å². The molecule has 1 saturated carbocycles. The average molecular weight is 246 g/mol. The van der Waals surface area contributed by atoms with Crippen LogP contribution in [0, 0.1) is 5.92 Å². The Morgan fingerprint density at radius 2 is 1.89 bits per heavy atom. The van der Waals surface area contributed by atoms with E-state index in [0.717, 1.165) is 18.5 Å². The first-order chi connectivity index (χ1) is 8.70. The molecular weight excluding hydrogens is 220 g/mol. The minimum Gasteiger partial charge on any atom is -0.326 e. The third kappa shape index (κ3) is 3.82. The molecule has 0 bridgehead atoms. The van der Waals surface area contributed by atoms with E-state index in [1.807, 2.05) is 0 Å². The van der Waals surface area contributed by atoms with Crippen LogP contribution in [-0.4, -0.2) is 17.5 Å². The van der Waals surface area contributed by atoms with Crippen LogP contribution in [0.3, 0.4) is 0 Å². The number of hydrogen-bond donors (Lipinski definition) is 1. The summed E-state index contributed by atoms with van der Waals surface area (Å²) in [6, 6.07) is 9.42. The first-order valence-corrected chi connectivity index (χ1v) is 7.21. The van der Waals surface area contributed by atoms with E-state index in [1.165, 1.54) is 36.9 Å². The highest BCUT2D eigenvalue weighted by atomic mass is 15.2. The fraction of sp³-hybridized carbons (Fsp3) is 0.625. The number of nitrogens with two attached hydrogens (primary N) is 1. The van der Waals surface area contributed by atoms with Gasteiger partial charge in [0.15, 0.2) is 0 Å². The molecule has 0 atom stereocenters. The molecule has 1 aliphatic carbocycles. The quantitative estimate of drug-likeness (QED) is 0.801. The summed E-state index contributed by atoms with van der Waals surface area (Å²) in [5.41, 5.74) is 8.53. The lowest BCUT2D eigenvalue weighted by Crippen LogP contribution is -2.28. The van der Waals surface area contributed by atoms with Gasteiger partial charge < -0.3 is 5.73 Å². The van der Waals surface area contributed by atoms with Gasteiger partial charge in [-0.1, -0.05) is 38.1 Å². The van der Waals surface area contributed by atoms with Crippen molar-refractivity contribution in [2.75, 3.05) is 6.54 Å². The summed E-state index contributed by atoms with van der Waals surface area (Å²) < 4.78 is 0. The highest BCUT2D eigenvalue weighted by molar-refractivity contribution is 5.27. The normalized spacial score (nSPS) is 15.6. The Balaban J connectivity index is 1.99. The summed E-state index contributed by atoms with van der Waals surface area (Å²) >= 11 is 0. The van der Waals surface area contributed by atoms with Crippen molar-refractivity contribution in [2.24, 2.45) is 11.7 Å². The number of hydrogen-bond acceptors (Lipinski definition) is 2. The maximum Gasteiger partial charge on any atom is 0.0239 e. The van der Waals surface area contributed by atoms with Crippen molar-refractivity contribution in [3.8, 4) is 0 Å². The SMILES string of the molecule is CC(C)CCN(Cc1ccccc1CN)C1CC1. The summed E-state index contributed by atoms with van der Waals surface area (Å²) in [5, 5.41) is 0. The molecule has 2 N–H and O–H groups in total. The Kier molecular flexibility index (Phi) is 4.79. The maximum atomic E-state index is 5.82. The van der Waals surface area contributed by atoms with Crippen molar-refractivity contribution >= 4 is 0 Å². The topological polar surface area (TPSA) is 29.3 Å². The molecule has 0 aliphatic heterocycles. The van der Waals surface area contributed by atoms with E-state index < -0.39 is 0 Å². The van der Waals surface area contributed by atoms with Gasteiger partial charge in [-0.2, -0.15) is 0 Å². The highest BCUT2D eigenvalue weighted by Crippen LogP contribution is 2.29. The Hall–Kier alpha value is -0.860. The summed E-state index contributed by atoms with van der Waals surface area (Å²) in [4.78, 5) is 2.65. The molecular formula is C16H26N2. The van der Waals surface area contributed by atoms with Gasteiger partial charge in [0.05, 0.1) is 0 Å². The zero-order chi connectivity index (χ0) is 13.0. The molecule has 1 fully saturated rings. The molecule has 0 saturated heterocycles. The molecule has 0 radical (unpaired) electrons. The van der Waals surface area contributed by atoms with Crippen molar-refractivity contribution in [3.63, 3.8) is 0 Å². The van der Waals surface area contributed by atoms with E-state index in [4.69, 9.17) is 5.73 Å². The van der Waals surface area contributed by atoms with Gasteiger partial charge in [-0.05, 0) is 42.9 Å². The van der Waals surface area contributed by atoms with Gasteiger partial charge in [0.1, 0.15) is 0 Å². The van der Waals surface area contributed by atoms with Crippen LogP contribution in [0.15, 0.2) is 24.3 Å². The minimum absolute atomic E-state index is 0.652. The number of nitrogens with zero attached hydrogens (tertiary/aromatic N) is 1. The van der Waals surface area contributed by atoms with Crippen LogP contribution >= 0.6 is 0 Å². The van der Waals surface area contributed by atoms with Gasteiger partial charge in [0.2, 0.25) is 0 Å². The second kappa shape index (κ2) is 6.35. The van der Waals surface area contributed by atoms with Crippen LogP contribution in [0.5, 0.6) is 0 Å². The monoisotopic (exact) mass is 246 g/mol. The molecule has 2 nitrogen and oxygen atoms in total. The van der Waals surface area contributed by atoms with Gasteiger partial charge >= 0.3 is 0 Å². The summed E-state index contributed by atoms with van der Waals surface area (Å²) in [7, 11) is 0. The van der Waals surface area contributed by atoms with Gasteiger partial charge in [-0.15, -0.1) is 0 Å². The predicted molar refractivity (Wildman–Crippen MR) is 77.2 cm³/mol. The molecule has 0 spiro atoms. The highest BCUT2D eigenvalue weighted by Gasteiger charge is 2.28. The molecule has 100 valence electrons. The molecule has 0 heterocycles. The Morgan fingerprint density at radius 1 is 1.22 bits per heavy atom. The number of benzene rings is 1. The smallest absolute Gasteiger partial charge is 0.0239 e. The van der Waals surface area contributed by atoms with E-state index >= 15 is 0 Å². The molecule has 18 heavy (non-hydrogen) atoms. The van der Waals surface area contributed by atoms with E-state index in [1.54, 1.807) is 0 Å². The molecule has 2 heteroatoms. The molecule has 0 aromatic heterocycles. The van der Waals surface area contributed by atoms with Crippen molar-refractivity contribution in [1.82, 2.24) is 4.90 Å². The van der Waals surface area contributed by atoms with Crippen molar-refractivity contribution < 1.29 is 0 Å². The largest absolute Gasteiger partial charge is 0.326 e. The molecule has 1 aromatic carbocycles. The molecule has 1 aliphatic rings. The standard InChI is InChI=1S/C16H26N2/c1-13(2)9-10-18(16-7-8-16)12-15-6-4-3-5-14(15)11-17/h3-6,13,16H,7-12,17H2,1-2H3. The predicted octanol–water partition coefficient (Wildman–Crippen LogP) is 3.16. The Labute approximate surface area is 111 Å². The van der Waals surface area contributed by atoms with Crippen LogP contribution in [0.4, 0.5) is 0 Å². The zero-order valence-corrected chi connectivity index (χ0v) is 11.7. The maximum absolute atomic E-state index is 5.82. The lowest BCUT2D eigenvalue weighted by Gasteiger charge is -2.24. The van der Waals surface area contributed by atoms with Crippen LogP contribution in [0.1, 0.15) is 44.2 Å². The van der Waals surface area contributed by atoms with Crippen LogP contribution in [-0.2, 0) is 13.1 Å². The number of rotatable bonds is 7. The molecule has 1 aromatic rings. The Bertz CT molecular complexity index is 369. The van der Waals surface area contributed by atoms with E-state index in [0.29, 0.717) is 6.54 Å². The average Bonchev–Trinajstić information content (AvgIpc) is 3.19. The summed E-state index contributed by atoms with van der Waals surface area (Å²) in [5.74, 6) is 0.788. The van der Waals surface area contributed by atoms with Gasteiger partial charge in [-0.3, -0.25) is 4.90 Å².